The minimum Gasteiger partial charge on any atom is -0.480 e. The lowest BCUT2D eigenvalue weighted by atomic mass is 9.99. The summed E-state index contributed by atoms with van der Waals surface area (Å²) in [5, 5.41) is 0. The van der Waals surface area contributed by atoms with Gasteiger partial charge in [0, 0.05) is 0 Å². The third kappa shape index (κ3) is 40.2. The molecule has 0 radical (unpaired) electrons. The molecule has 4 aromatic heterocycles. The van der Waals surface area contributed by atoms with Crippen LogP contribution in [0.1, 0.15) is 52.9 Å². The topological polar surface area (TPSA) is 233 Å². The van der Waals surface area contributed by atoms with Crippen LogP contribution < -0.4 is 14.2 Å². The Morgan fingerprint density at radius 3 is 0.981 bits per heavy atom. The smallest absolute Gasteiger partial charge is 0.373 e. The first kappa shape index (κ1) is 55.3. The third-order valence-corrected chi connectivity index (χ3v) is 5.44. The second kappa shape index (κ2) is 33.4. The molecule has 0 aliphatic rings. The summed E-state index contributed by atoms with van der Waals surface area (Å²) in [4.78, 5) is 80.6. The maximum absolute atomic E-state index is 8.12. The number of methoxy groups -OCH3 is 1. The molecule has 290 valence electrons. The lowest BCUT2D eigenvalue weighted by molar-refractivity contribution is -0.193. The number of aryl methyl sites for hydroxylation is 2. The lowest BCUT2D eigenvalue weighted by Crippen LogP contribution is -2.17. The molecule has 0 amide bonds. The molecule has 53 heavy (non-hydrogen) atoms. The van der Waals surface area contributed by atoms with Crippen LogP contribution in [0.3, 0.4) is 0 Å². The van der Waals surface area contributed by atoms with Crippen molar-refractivity contribution >= 4 is 78.7 Å². The Morgan fingerprint density at radius 1 is 0.491 bits per heavy atom. The second-order valence-corrected chi connectivity index (χ2v) is 13.9. The molecular weight excluding hydrogens is 916 g/mol. The van der Waals surface area contributed by atoms with Crippen LogP contribution in [-0.2, 0) is 28.8 Å². The summed E-state index contributed by atoms with van der Waals surface area (Å²) >= 11 is 9.51. The molecule has 0 atom stereocenters. The molecule has 0 fully saturated rings. The number of ether oxygens (including phenoxy) is 3. The van der Waals surface area contributed by atoms with E-state index in [1.54, 1.807) is 56.7 Å². The normalized spacial score (nSPS) is 8.98. The molecule has 0 saturated carbocycles. The van der Waals surface area contributed by atoms with Crippen molar-refractivity contribution in [3.8, 4) is 17.6 Å². The molecule has 0 saturated heterocycles. The first-order valence-electron chi connectivity index (χ1n) is 14.3. The van der Waals surface area contributed by atoms with Crippen molar-refractivity contribution < 1.29 is 43.0 Å². The molecule has 0 spiro atoms. The van der Waals surface area contributed by atoms with Crippen molar-refractivity contribution in [1.29, 1.82) is 0 Å². The molecular formula is C32H40Br3ClN8O9. The number of hydrogen-bond donors (Lipinski definition) is 0. The average molecular weight is 956 g/mol. The van der Waals surface area contributed by atoms with Crippen LogP contribution in [0, 0.1) is 24.7 Å². The lowest BCUT2D eigenvalue weighted by Gasteiger charge is -2.17. The SMILES string of the molecule is Brc1cnc(Br)cn1.CC(C)(C)COc1cnc(Br)cn1.COc1cnc(C)cn1.Cc1cnc(OCC(C)(C)C)cn1.Cl.O=C=O.O=C=O.O=C=O. The van der Waals surface area contributed by atoms with E-state index in [2.05, 4.69) is 129 Å². The van der Waals surface area contributed by atoms with Gasteiger partial charge in [-0.1, -0.05) is 41.5 Å². The maximum Gasteiger partial charge on any atom is 0.373 e. The van der Waals surface area contributed by atoms with Gasteiger partial charge in [-0.25, -0.2) is 29.9 Å². The number of nitrogens with zero attached hydrogens (tertiary/aromatic N) is 8. The van der Waals surface area contributed by atoms with Crippen molar-refractivity contribution in [3.63, 3.8) is 0 Å². The van der Waals surface area contributed by atoms with Crippen LogP contribution in [0.2, 0.25) is 0 Å². The number of carbonyl (C=O) groups excluding carboxylic acids is 6. The average Bonchev–Trinajstić information content (AvgIpc) is 3.07. The summed E-state index contributed by atoms with van der Waals surface area (Å²) < 4.78 is 17.9. The Morgan fingerprint density at radius 2 is 0.755 bits per heavy atom. The zero-order valence-electron chi connectivity index (χ0n) is 30.3. The van der Waals surface area contributed by atoms with Crippen LogP contribution in [0.4, 0.5) is 0 Å². The highest BCUT2D eigenvalue weighted by atomic mass is 79.9. The Hall–Kier alpha value is -4.41. The van der Waals surface area contributed by atoms with Gasteiger partial charge in [0.25, 0.3) is 0 Å². The van der Waals surface area contributed by atoms with E-state index in [1.807, 2.05) is 13.8 Å². The zero-order valence-corrected chi connectivity index (χ0v) is 35.9. The van der Waals surface area contributed by atoms with E-state index in [1.165, 1.54) is 0 Å². The summed E-state index contributed by atoms with van der Waals surface area (Å²) in [5.41, 5.74) is 2.11. The van der Waals surface area contributed by atoms with Gasteiger partial charge < -0.3 is 14.2 Å². The minimum absolute atomic E-state index is 0. The molecule has 0 bridgehead atoms. The van der Waals surface area contributed by atoms with Gasteiger partial charge >= 0.3 is 18.5 Å². The molecule has 4 aromatic rings. The molecule has 4 heterocycles. The minimum atomic E-state index is 0. The van der Waals surface area contributed by atoms with Crippen LogP contribution in [-0.4, -0.2) is 78.6 Å². The van der Waals surface area contributed by atoms with Gasteiger partial charge in [0.1, 0.15) is 13.8 Å². The highest BCUT2D eigenvalue weighted by Gasteiger charge is 2.12. The van der Waals surface area contributed by atoms with E-state index in [0.29, 0.717) is 30.9 Å². The summed E-state index contributed by atoms with van der Waals surface area (Å²) in [5.74, 6) is 1.72. The Labute approximate surface area is 338 Å². The van der Waals surface area contributed by atoms with Crippen molar-refractivity contribution in [2.45, 2.75) is 55.4 Å². The number of hydrogen-bond acceptors (Lipinski definition) is 17. The van der Waals surface area contributed by atoms with Crippen molar-refractivity contribution in [2.24, 2.45) is 10.8 Å². The Balaban J connectivity index is -0.000000282. The highest BCUT2D eigenvalue weighted by molar-refractivity contribution is 9.11. The van der Waals surface area contributed by atoms with Gasteiger partial charge in [0.15, 0.2) is 0 Å². The fourth-order valence-electron chi connectivity index (χ4n) is 2.19. The molecule has 4 rings (SSSR count). The molecule has 0 N–H and O–H groups in total. The van der Waals surface area contributed by atoms with Crippen LogP contribution in [0.15, 0.2) is 63.4 Å². The fourth-order valence-corrected chi connectivity index (χ4v) is 2.81. The van der Waals surface area contributed by atoms with Crippen LogP contribution >= 0.6 is 60.2 Å². The molecule has 0 aromatic carbocycles. The number of halogens is 4. The monoisotopic (exact) mass is 952 g/mol. The third-order valence-electron chi connectivity index (χ3n) is 4.22. The van der Waals surface area contributed by atoms with Gasteiger partial charge in [-0.3, -0.25) is 9.97 Å². The van der Waals surface area contributed by atoms with Crippen molar-refractivity contribution in [3.05, 3.63) is 74.8 Å². The standard InChI is InChI=1S/C10H16N2O.C9H13BrN2O.C6H8N2O.C4H2Br2N2.3CO2.ClH/c1-8-5-12-9(6-11-8)13-7-10(2,3)4;1-9(2,3)6-13-8-5-11-7(10)4-12-8;1-5-3-8-6(9-2)4-7-5;5-3-1-7-4(6)2-8-3;3*2-1-3;/h5-6H,7H2,1-4H3;4-5H,6H2,1-3H3;3-4H,1-2H3;1-2H;;;;1H. The van der Waals surface area contributed by atoms with E-state index in [0.717, 1.165) is 25.2 Å². The van der Waals surface area contributed by atoms with Gasteiger partial charge in [-0.05, 0) is 72.5 Å². The quantitative estimate of drug-likeness (QED) is 0.212. The second-order valence-electron chi connectivity index (χ2n) is 11.5. The first-order valence-corrected chi connectivity index (χ1v) is 16.6. The van der Waals surface area contributed by atoms with Gasteiger partial charge in [0.2, 0.25) is 17.6 Å². The van der Waals surface area contributed by atoms with E-state index < -0.39 is 0 Å². The molecule has 0 aliphatic carbocycles. The van der Waals surface area contributed by atoms with Gasteiger partial charge in [-0.15, -0.1) is 12.4 Å². The van der Waals surface area contributed by atoms with E-state index in [4.69, 9.17) is 43.0 Å². The fraction of sp³-hybridized carbons (Fsp3) is 0.406. The largest absolute Gasteiger partial charge is 0.480 e. The molecule has 0 unspecified atom stereocenters. The van der Waals surface area contributed by atoms with Crippen LogP contribution in [0.5, 0.6) is 17.6 Å². The summed E-state index contributed by atoms with van der Waals surface area (Å²) in [6, 6.07) is 0. The Kier molecular flexibility index (Phi) is 34.9. The number of rotatable bonds is 5. The van der Waals surface area contributed by atoms with E-state index in [9.17, 15) is 0 Å². The predicted molar refractivity (Wildman–Crippen MR) is 199 cm³/mol. The van der Waals surface area contributed by atoms with E-state index in [-0.39, 0.29) is 41.7 Å². The summed E-state index contributed by atoms with van der Waals surface area (Å²) in [7, 11) is 1.57. The van der Waals surface area contributed by atoms with Gasteiger partial charge in [0.05, 0.1) is 81.3 Å². The van der Waals surface area contributed by atoms with E-state index >= 15 is 0 Å². The highest BCUT2D eigenvalue weighted by Crippen LogP contribution is 2.16. The molecule has 0 aliphatic heterocycles. The maximum atomic E-state index is 8.12. The summed E-state index contributed by atoms with van der Waals surface area (Å²) in [6.45, 7) is 17.8. The molecule has 17 nitrogen and oxygen atoms in total. The summed E-state index contributed by atoms with van der Waals surface area (Å²) in [6.07, 6.45) is 13.9. The predicted octanol–water partition coefficient (Wildman–Crippen LogP) is 6.34. The van der Waals surface area contributed by atoms with Gasteiger partial charge in [-0.2, -0.15) is 28.8 Å². The number of aromatic nitrogens is 8. The molecule has 21 heteroatoms. The first-order chi connectivity index (χ1) is 24.3. The zero-order chi connectivity index (χ0) is 40.6. The van der Waals surface area contributed by atoms with Crippen molar-refractivity contribution in [1.82, 2.24) is 39.9 Å². The van der Waals surface area contributed by atoms with Crippen molar-refractivity contribution in [2.75, 3.05) is 20.3 Å². The Bertz CT molecular complexity index is 1490. The van der Waals surface area contributed by atoms with Crippen LogP contribution in [0.25, 0.3) is 0 Å².